The first-order valence-electron chi connectivity index (χ1n) is 5.85. The Balaban J connectivity index is 1.91. The van der Waals surface area contributed by atoms with Crippen molar-refractivity contribution in [3.8, 4) is 0 Å². The molecule has 0 spiro atoms. The lowest BCUT2D eigenvalue weighted by molar-refractivity contribution is -0.129. The molecule has 0 aromatic carbocycles. The quantitative estimate of drug-likeness (QED) is 0.701. The highest BCUT2D eigenvalue weighted by Gasteiger charge is 2.38. The van der Waals surface area contributed by atoms with Crippen LogP contribution in [0.5, 0.6) is 0 Å². The molecule has 2 rings (SSSR count). The average molecular weight is 241 g/mol. The second kappa shape index (κ2) is 4.18. The standard InChI is InChI=1S/C11H19N3O3/c1-11(2,3)17-10(16)13-6-9(15)14(7-13)8-4-12-5-8/h8,12H,4-7H2,1-3H3. The number of nitrogens with zero attached hydrogens (tertiary/aromatic N) is 2. The number of carbonyl (C=O) groups is 2. The van der Waals surface area contributed by atoms with Crippen LogP contribution in [0.2, 0.25) is 0 Å². The number of amides is 2. The summed E-state index contributed by atoms with van der Waals surface area (Å²) in [6.07, 6.45) is -0.416. The second-order valence-corrected chi connectivity index (χ2v) is 5.50. The zero-order chi connectivity index (χ0) is 12.6. The molecule has 6 nitrogen and oxygen atoms in total. The van der Waals surface area contributed by atoms with Gasteiger partial charge in [0.05, 0.1) is 6.04 Å². The fraction of sp³-hybridized carbons (Fsp3) is 0.818. The summed E-state index contributed by atoms with van der Waals surface area (Å²) in [5.74, 6) is 0.00218. The van der Waals surface area contributed by atoms with E-state index in [4.69, 9.17) is 4.74 Å². The minimum absolute atomic E-state index is 0.00218. The number of carbonyl (C=O) groups excluding carboxylic acids is 2. The summed E-state index contributed by atoms with van der Waals surface area (Å²) in [4.78, 5) is 26.7. The van der Waals surface area contributed by atoms with Crippen LogP contribution >= 0.6 is 0 Å². The first-order chi connectivity index (χ1) is 7.87. The van der Waals surface area contributed by atoms with Gasteiger partial charge < -0.3 is 15.0 Å². The van der Waals surface area contributed by atoms with Crippen LogP contribution in [-0.4, -0.2) is 59.7 Å². The molecule has 2 fully saturated rings. The summed E-state index contributed by atoms with van der Waals surface area (Å²) >= 11 is 0. The molecular weight excluding hydrogens is 222 g/mol. The van der Waals surface area contributed by atoms with Gasteiger partial charge in [-0.05, 0) is 20.8 Å². The smallest absolute Gasteiger partial charge is 0.412 e. The van der Waals surface area contributed by atoms with Gasteiger partial charge in [-0.15, -0.1) is 0 Å². The monoisotopic (exact) mass is 241 g/mol. The molecule has 2 saturated heterocycles. The van der Waals surface area contributed by atoms with Crippen LogP contribution in [0.4, 0.5) is 4.79 Å². The lowest BCUT2D eigenvalue weighted by atomic mass is 10.1. The molecule has 0 aromatic heterocycles. The van der Waals surface area contributed by atoms with Gasteiger partial charge in [0, 0.05) is 13.1 Å². The molecule has 0 saturated carbocycles. The summed E-state index contributed by atoms with van der Waals surface area (Å²) < 4.78 is 5.24. The highest BCUT2D eigenvalue weighted by atomic mass is 16.6. The topological polar surface area (TPSA) is 61.9 Å². The van der Waals surface area contributed by atoms with Gasteiger partial charge in [-0.1, -0.05) is 0 Å². The maximum Gasteiger partial charge on any atom is 0.412 e. The highest BCUT2D eigenvalue weighted by molar-refractivity contribution is 5.85. The van der Waals surface area contributed by atoms with Gasteiger partial charge in [0.2, 0.25) is 5.91 Å². The van der Waals surface area contributed by atoms with Gasteiger partial charge in [0.25, 0.3) is 0 Å². The zero-order valence-corrected chi connectivity index (χ0v) is 10.5. The molecule has 6 heteroatoms. The molecule has 0 aromatic rings. The maximum absolute atomic E-state index is 11.8. The number of ether oxygens (including phenoxy) is 1. The summed E-state index contributed by atoms with van der Waals surface area (Å²) in [6, 6.07) is 0.231. The fourth-order valence-electron chi connectivity index (χ4n) is 1.83. The van der Waals surface area contributed by atoms with E-state index in [9.17, 15) is 9.59 Å². The van der Waals surface area contributed by atoms with Crippen LogP contribution in [-0.2, 0) is 9.53 Å². The van der Waals surface area contributed by atoms with Crippen LogP contribution < -0.4 is 5.32 Å². The van der Waals surface area contributed by atoms with Gasteiger partial charge in [-0.25, -0.2) is 4.79 Å². The Bertz CT molecular complexity index is 333. The van der Waals surface area contributed by atoms with E-state index < -0.39 is 11.7 Å². The normalized spacial score (nSPS) is 21.7. The zero-order valence-electron chi connectivity index (χ0n) is 10.5. The largest absolute Gasteiger partial charge is 0.444 e. The van der Waals surface area contributed by atoms with Crippen LogP contribution in [0.1, 0.15) is 20.8 Å². The van der Waals surface area contributed by atoms with E-state index in [1.807, 2.05) is 20.8 Å². The molecule has 2 aliphatic heterocycles. The lowest BCUT2D eigenvalue weighted by Crippen LogP contribution is -2.58. The maximum atomic E-state index is 11.8. The molecule has 2 amide bonds. The van der Waals surface area contributed by atoms with Gasteiger partial charge in [0.1, 0.15) is 18.8 Å². The third-order valence-corrected chi connectivity index (χ3v) is 2.82. The van der Waals surface area contributed by atoms with Crippen molar-refractivity contribution in [3.63, 3.8) is 0 Å². The second-order valence-electron chi connectivity index (χ2n) is 5.50. The predicted molar refractivity (Wildman–Crippen MR) is 61.3 cm³/mol. The van der Waals surface area contributed by atoms with Crippen LogP contribution in [0.15, 0.2) is 0 Å². The van der Waals surface area contributed by atoms with Crippen LogP contribution in [0, 0.1) is 0 Å². The fourth-order valence-corrected chi connectivity index (χ4v) is 1.83. The number of hydrogen-bond donors (Lipinski definition) is 1. The van der Waals surface area contributed by atoms with Crippen molar-refractivity contribution in [2.45, 2.75) is 32.4 Å². The van der Waals surface area contributed by atoms with Crippen molar-refractivity contribution in [2.24, 2.45) is 0 Å². The van der Waals surface area contributed by atoms with E-state index in [-0.39, 0.29) is 18.5 Å². The van der Waals surface area contributed by atoms with Crippen molar-refractivity contribution in [3.05, 3.63) is 0 Å². The molecular formula is C11H19N3O3. The van der Waals surface area contributed by atoms with E-state index in [1.165, 1.54) is 4.90 Å². The van der Waals surface area contributed by atoms with Crippen molar-refractivity contribution in [1.29, 1.82) is 0 Å². The Hall–Kier alpha value is -1.30. The SMILES string of the molecule is CC(C)(C)OC(=O)N1CC(=O)N(C2CNC2)C1. The Morgan fingerprint density at radius 1 is 1.41 bits per heavy atom. The van der Waals surface area contributed by atoms with Gasteiger partial charge >= 0.3 is 6.09 Å². The summed E-state index contributed by atoms with van der Waals surface area (Å²) in [5.41, 5.74) is -0.522. The summed E-state index contributed by atoms with van der Waals surface area (Å²) in [5, 5.41) is 3.11. The van der Waals surface area contributed by atoms with Gasteiger partial charge in [0.15, 0.2) is 0 Å². The first kappa shape index (κ1) is 12.2. The lowest BCUT2D eigenvalue weighted by Gasteiger charge is -2.35. The minimum Gasteiger partial charge on any atom is -0.444 e. The molecule has 0 bridgehead atoms. The number of hydrogen-bond acceptors (Lipinski definition) is 4. The van der Waals surface area contributed by atoms with Crippen molar-refractivity contribution in [1.82, 2.24) is 15.1 Å². The van der Waals surface area contributed by atoms with Gasteiger partial charge in [-0.2, -0.15) is 0 Å². The van der Waals surface area contributed by atoms with E-state index in [0.29, 0.717) is 6.67 Å². The predicted octanol–water partition coefficient (Wildman–Crippen LogP) is -0.00500. The molecule has 0 atom stereocenters. The van der Waals surface area contributed by atoms with E-state index in [1.54, 1.807) is 4.90 Å². The Labute approximate surface area is 101 Å². The summed E-state index contributed by atoms with van der Waals surface area (Å²) in [6.45, 7) is 7.55. The first-order valence-corrected chi connectivity index (χ1v) is 5.85. The minimum atomic E-state index is -0.522. The molecule has 1 N–H and O–H groups in total. The van der Waals surface area contributed by atoms with Crippen LogP contribution in [0.3, 0.4) is 0 Å². The van der Waals surface area contributed by atoms with Crippen molar-refractivity contribution >= 4 is 12.0 Å². The molecule has 0 radical (unpaired) electrons. The third kappa shape index (κ3) is 2.69. The molecule has 17 heavy (non-hydrogen) atoms. The molecule has 0 unspecified atom stereocenters. The Morgan fingerprint density at radius 3 is 2.53 bits per heavy atom. The molecule has 96 valence electrons. The van der Waals surface area contributed by atoms with Gasteiger partial charge in [-0.3, -0.25) is 9.69 Å². The molecule has 2 heterocycles. The molecule has 2 aliphatic rings. The number of rotatable bonds is 1. The Morgan fingerprint density at radius 2 is 2.06 bits per heavy atom. The molecule has 0 aliphatic carbocycles. The van der Waals surface area contributed by atoms with Crippen molar-refractivity contribution in [2.75, 3.05) is 26.3 Å². The summed E-state index contributed by atoms with van der Waals surface area (Å²) in [7, 11) is 0. The van der Waals surface area contributed by atoms with E-state index in [2.05, 4.69) is 5.32 Å². The van der Waals surface area contributed by atoms with E-state index in [0.717, 1.165) is 13.1 Å². The number of nitrogens with one attached hydrogen (secondary N) is 1. The van der Waals surface area contributed by atoms with E-state index >= 15 is 0 Å². The third-order valence-electron chi connectivity index (χ3n) is 2.82. The highest BCUT2D eigenvalue weighted by Crippen LogP contribution is 2.17. The Kier molecular flexibility index (Phi) is 2.99. The van der Waals surface area contributed by atoms with Crippen LogP contribution in [0.25, 0.3) is 0 Å². The average Bonchev–Trinajstić information content (AvgIpc) is 2.42. The van der Waals surface area contributed by atoms with Crippen molar-refractivity contribution < 1.29 is 14.3 Å².